The van der Waals surface area contributed by atoms with E-state index in [-0.39, 0.29) is 23.7 Å². The molecule has 0 aromatic carbocycles. The molecule has 114 valence electrons. The van der Waals surface area contributed by atoms with Crippen molar-refractivity contribution in [1.82, 2.24) is 15.3 Å². The van der Waals surface area contributed by atoms with Gasteiger partial charge in [-0.3, -0.25) is 4.79 Å². The van der Waals surface area contributed by atoms with E-state index in [0.717, 1.165) is 37.8 Å². The number of fused-ring (bicyclic) bond motifs is 2. The molecule has 1 saturated carbocycles. The van der Waals surface area contributed by atoms with Crippen LogP contribution in [0.2, 0.25) is 0 Å². The molecule has 1 aromatic rings. The number of halogens is 1. The van der Waals surface area contributed by atoms with Gasteiger partial charge in [0.2, 0.25) is 11.9 Å². The SMILES string of the molecule is CC1CC(Nc2ncc3c(n2)NC(=O)C32CC2)CCN1.Cl. The van der Waals surface area contributed by atoms with Gasteiger partial charge in [0.25, 0.3) is 0 Å². The van der Waals surface area contributed by atoms with Crippen LogP contribution in [0.4, 0.5) is 11.8 Å². The van der Waals surface area contributed by atoms with Gasteiger partial charge in [0.05, 0.1) is 5.41 Å². The minimum atomic E-state index is -0.295. The zero-order chi connectivity index (χ0) is 13.7. The fraction of sp³-hybridized carbons (Fsp3) is 0.643. The first-order valence-electron chi connectivity index (χ1n) is 7.36. The van der Waals surface area contributed by atoms with E-state index in [1.807, 2.05) is 6.20 Å². The van der Waals surface area contributed by atoms with Crippen molar-refractivity contribution in [2.24, 2.45) is 0 Å². The standard InChI is InChI=1S/C14H19N5O.ClH/c1-8-6-9(2-5-15-8)17-13-16-7-10-11(19-13)18-12(20)14(10)3-4-14;/h7-9,15H,2-6H2,1H3,(H2,16,17,18,19,20);1H. The number of hydrogen-bond acceptors (Lipinski definition) is 5. The summed E-state index contributed by atoms with van der Waals surface area (Å²) in [5, 5.41) is 9.71. The van der Waals surface area contributed by atoms with Crippen molar-refractivity contribution in [3.63, 3.8) is 0 Å². The molecule has 1 aliphatic carbocycles. The zero-order valence-corrected chi connectivity index (χ0v) is 12.8. The minimum Gasteiger partial charge on any atom is -0.351 e. The monoisotopic (exact) mass is 309 g/mol. The van der Waals surface area contributed by atoms with Gasteiger partial charge in [-0.1, -0.05) is 0 Å². The number of hydrogen-bond donors (Lipinski definition) is 3. The molecular weight excluding hydrogens is 290 g/mol. The lowest BCUT2D eigenvalue weighted by atomic mass is 10.0. The Morgan fingerprint density at radius 2 is 2.24 bits per heavy atom. The smallest absolute Gasteiger partial charge is 0.236 e. The van der Waals surface area contributed by atoms with Crippen LogP contribution in [-0.2, 0) is 10.2 Å². The predicted molar refractivity (Wildman–Crippen MR) is 82.9 cm³/mol. The summed E-state index contributed by atoms with van der Waals surface area (Å²) in [5.74, 6) is 1.42. The Balaban J connectivity index is 0.00000132. The number of anilines is 2. The molecule has 7 heteroatoms. The quantitative estimate of drug-likeness (QED) is 0.770. The van der Waals surface area contributed by atoms with E-state index >= 15 is 0 Å². The lowest BCUT2D eigenvalue weighted by Gasteiger charge is -2.28. The molecule has 2 atom stereocenters. The lowest BCUT2D eigenvalue weighted by molar-refractivity contribution is -0.117. The molecular formula is C14H20ClN5O. The molecule has 2 fully saturated rings. The molecule has 3 aliphatic rings. The molecule has 2 unspecified atom stereocenters. The predicted octanol–water partition coefficient (Wildman–Crippen LogP) is 1.43. The van der Waals surface area contributed by atoms with E-state index in [1.165, 1.54) is 0 Å². The molecule has 3 heterocycles. The van der Waals surface area contributed by atoms with Crippen molar-refractivity contribution < 1.29 is 4.79 Å². The van der Waals surface area contributed by atoms with Crippen LogP contribution in [-0.4, -0.2) is 34.5 Å². The summed E-state index contributed by atoms with van der Waals surface area (Å²) in [7, 11) is 0. The fourth-order valence-corrected chi connectivity index (χ4v) is 3.31. The van der Waals surface area contributed by atoms with Crippen molar-refractivity contribution in [2.75, 3.05) is 17.2 Å². The third-order valence-electron chi connectivity index (χ3n) is 4.68. The Hall–Kier alpha value is -1.40. The van der Waals surface area contributed by atoms with Gasteiger partial charge in [-0.25, -0.2) is 4.98 Å². The topological polar surface area (TPSA) is 78.9 Å². The minimum absolute atomic E-state index is 0. The average Bonchev–Trinajstić information content (AvgIpc) is 3.15. The molecule has 1 saturated heterocycles. The summed E-state index contributed by atoms with van der Waals surface area (Å²) < 4.78 is 0. The lowest BCUT2D eigenvalue weighted by Crippen LogP contribution is -2.41. The van der Waals surface area contributed by atoms with Crippen molar-refractivity contribution in [2.45, 2.75) is 50.1 Å². The Bertz CT molecular complexity index is 574. The van der Waals surface area contributed by atoms with Crippen LogP contribution in [0, 0.1) is 0 Å². The van der Waals surface area contributed by atoms with Crippen LogP contribution in [0.15, 0.2) is 6.20 Å². The summed E-state index contributed by atoms with van der Waals surface area (Å²) in [6, 6.07) is 0.918. The summed E-state index contributed by atoms with van der Waals surface area (Å²) in [6.45, 7) is 3.21. The maximum atomic E-state index is 12.0. The fourth-order valence-electron chi connectivity index (χ4n) is 3.31. The normalized spacial score (nSPS) is 28.5. The van der Waals surface area contributed by atoms with E-state index < -0.39 is 0 Å². The number of nitrogens with one attached hydrogen (secondary N) is 3. The van der Waals surface area contributed by atoms with Crippen molar-refractivity contribution in [1.29, 1.82) is 0 Å². The van der Waals surface area contributed by atoms with Crippen LogP contribution in [0.25, 0.3) is 0 Å². The summed E-state index contributed by atoms with van der Waals surface area (Å²) in [5.41, 5.74) is 0.684. The van der Waals surface area contributed by atoms with Gasteiger partial charge in [-0.05, 0) is 39.2 Å². The van der Waals surface area contributed by atoms with Gasteiger partial charge in [0, 0.05) is 23.8 Å². The number of rotatable bonds is 2. The second-order valence-electron chi connectivity index (χ2n) is 6.21. The van der Waals surface area contributed by atoms with Gasteiger partial charge in [-0.15, -0.1) is 12.4 Å². The van der Waals surface area contributed by atoms with Crippen molar-refractivity contribution in [3.05, 3.63) is 11.8 Å². The summed E-state index contributed by atoms with van der Waals surface area (Å²) >= 11 is 0. The van der Waals surface area contributed by atoms with E-state index in [0.29, 0.717) is 23.8 Å². The second kappa shape index (κ2) is 5.10. The first-order valence-corrected chi connectivity index (χ1v) is 7.36. The molecule has 0 bridgehead atoms. The number of carbonyl (C=O) groups excluding carboxylic acids is 1. The molecule has 3 N–H and O–H groups in total. The van der Waals surface area contributed by atoms with E-state index in [9.17, 15) is 4.79 Å². The van der Waals surface area contributed by atoms with Gasteiger partial charge >= 0.3 is 0 Å². The summed E-state index contributed by atoms with van der Waals surface area (Å²) in [6.07, 6.45) is 5.81. The number of carbonyl (C=O) groups is 1. The van der Waals surface area contributed by atoms with Crippen molar-refractivity contribution >= 4 is 30.1 Å². The third kappa shape index (κ3) is 2.36. The van der Waals surface area contributed by atoms with Gasteiger partial charge in [0.15, 0.2) is 0 Å². The molecule has 4 rings (SSSR count). The number of piperidine rings is 1. The van der Waals surface area contributed by atoms with Gasteiger partial charge < -0.3 is 16.0 Å². The van der Waals surface area contributed by atoms with E-state index in [1.54, 1.807) is 0 Å². The van der Waals surface area contributed by atoms with E-state index in [2.05, 4.69) is 32.8 Å². The second-order valence-corrected chi connectivity index (χ2v) is 6.21. The maximum absolute atomic E-state index is 12.0. The molecule has 1 aromatic heterocycles. The van der Waals surface area contributed by atoms with E-state index in [4.69, 9.17) is 0 Å². The molecule has 1 spiro atoms. The first kappa shape index (κ1) is 14.5. The third-order valence-corrected chi connectivity index (χ3v) is 4.68. The van der Waals surface area contributed by atoms with Crippen LogP contribution in [0.5, 0.6) is 0 Å². The van der Waals surface area contributed by atoms with Crippen LogP contribution >= 0.6 is 12.4 Å². The molecule has 1 amide bonds. The van der Waals surface area contributed by atoms with Crippen LogP contribution < -0.4 is 16.0 Å². The largest absolute Gasteiger partial charge is 0.351 e. The highest BCUT2D eigenvalue weighted by atomic mass is 35.5. The van der Waals surface area contributed by atoms with Crippen molar-refractivity contribution in [3.8, 4) is 0 Å². The molecule has 21 heavy (non-hydrogen) atoms. The number of nitrogens with zero attached hydrogens (tertiary/aromatic N) is 2. The molecule has 6 nitrogen and oxygen atoms in total. The molecule has 0 radical (unpaired) electrons. The summed E-state index contributed by atoms with van der Waals surface area (Å²) in [4.78, 5) is 20.8. The highest BCUT2D eigenvalue weighted by Gasteiger charge is 2.57. The van der Waals surface area contributed by atoms with Gasteiger partial charge in [-0.2, -0.15) is 4.98 Å². The number of amides is 1. The Labute approximate surface area is 129 Å². The van der Waals surface area contributed by atoms with Crippen LogP contribution in [0.1, 0.15) is 38.2 Å². The average molecular weight is 310 g/mol. The van der Waals surface area contributed by atoms with Gasteiger partial charge in [0.1, 0.15) is 5.82 Å². The first-order chi connectivity index (χ1) is 9.67. The Morgan fingerprint density at radius 3 is 2.95 bits per heavy atom. The number of aromatic nitrogens is 2. The highest BCUT2D eigenvalue weighted by Crippen LogP contribution is 2.54. The molecule has 2 aliphatic heterocycles. The Morgan fingerprint density at radius 1 is 1.43 bits per heavy atom. The maximum Gasteiger partial charge on any atom is 0.236 e. The zero-order valence-electron chi connectivity index (χ0n) is 12.0. The highest BCUT2D eigenvalue weighted by molar-refractivity contribution is 6.07. The van der Waals surface area contributed by atoms with Crippen LogP contribution in [0.3, 0.4) is 0 Å². The Kier molecular flexibility index (Phi) is 3.53.